The maximum Gasteiger partial charge on any atom is 0.225 e. The van der Waals surface area contributed by atoms with Gasteiger partial charge in [0.15, 0.2) is 0 Å². The van der Waals surface area contributed by atoms with Crippen molar-refractivity contribution in [3.05, 3.63) is 35.9 Å². The lowest BCUT2D eigenvalue weighted by Crippen LogP contribution is -2.42. The molecule has 1 aromatic rings. The van der Waals surface area contributed by atoms with Crippen LogP contribution < -0.4 is 0 Å². The molecule has 0 spiro atoms. The van der Waals surface area contributed by atoms with E-state index < -0.39 is 5.60 Å². The second-order valence-electron chi connectivity index (χ2n) is 6.36. The van der Waals surface area contributed by atoms with E-state index >= 15 is 0 Å². The van der Waals surface area contributed by atoms with Gasteiger partial charge in [-0.3, -0.25) is 4.79 Å². The van der Waals surface area contributed by atoms with Gasteiger partial charge in [-0.2, -0.15) is 0 Å². The normalized spacial score (nSPS) is 18.4. The molecule has 0 bridgehead atoms. The molecule has 1 aliphatic rings. The number of nitrogens with zero attached hydrogens (tertiary/aromatic N) is 1. The van der Waals surface area contributed by atoms with E-state index in [0.29, 0.717) is 0 Å². The van der Waals surface area contributed by atoms with E-state index in [9.17, 15) is 9.90 Å². The number of hydrogen-bond acceptors (Lipinski definition) is 2. The van der Waals surface area contributed by atoms with Gasteiger partial charge in [-0.05, 0) is 31.2 Å². The van der Waals surface area contributed by atoms with Crippen molar-refractivity contribution >= 4 is 5.91 Å². The van der Waals surface area contributed by atoms with Gasteiger partial charge in [0.25, 0.3) is 0 Å². The number of benzene rings is 1. The monoisotopic (exact) mass is 289 g/mol. The predicted octanol–water partition coefficient (Wildman–Crippen LogP) is 3.16. The fourth-order valence-electron chi connectivity index (χ4n) is 3.26. The van der Waals surface area contributed by atoms with E-state index in [0.717, 1.165) is 38.5 Å². The zero-order valence-corrected chi connectivity index (χ0v) is 13.2. The molecule has 1 aromatic carbocycles. The summed E-state index contributed by atoms with van der Waals surface area (Å²) in [7, 11) is 1.87. The average Bonchev–Trinajstić information content (AvgIpc) is 2.91. The van der Waals surface area contributed by atoms with Gasteiger partial charge in [-0.15, -0.1) is 0 Å². The van der Waals surface area contributed by atoms with Crippen molar-refractivity contribution in [1.82, 2.24) is 4.90 Å². The first-order valence-corrected chi connectivity index (χ1v) is 8.06. The van der Waals surface area contributed by atoms with E-state index in [1.54, 1.807) is 0 Å². The highest BCUT2D eigenvalue weighted by atomic mass is 16.3. The molecule has 3 heteroatoms. The maximum atomic E-state index is 12.5. The molecule has 116 valence electrons. The quantitative estimate of drug-likeness (QED) is 0.874. The first-order valence-electron chi connectivity index (χ1n) is 8.06. The number of aliphatic hydroxyl groups is 1. The number of amides is 1. The zero-order chi connectivity index (χ0) is 15.3. The third-order valence-electron chi connectivity index (χ3n) is 4.74. The molecule has 0 aromatic heterocycles. The minimum atomic E-state index is -0.754. The second kappa shape index (κ2) is 7.08. The van der Waals surface area contributed by atoms with Gasteiger partial charge in [-0.1, -0.05) is 50.1 Å². The third kappa shape index (κ3) is 4.31. The number of hydrogen-bond donors (Lipinski definition) is 1. The van der Waals surface area contributed by atoms with Crippen LogP contribution in [0.25, 0.3) is 0 Å². The maximum absolute atomic E-state index is 12.5. The first-order chi connectivity index (χ1) is 10.0. The highest BCUT2D eigenvalue weighted by Gasteiger charge is 2.35. The van der Waals surface area contributed by atoms with Crippen molar-refractivity contribution in [1.29, 1.82) is 0 Å². The van der Waals surface area contributed by atoms with Gasteiger partial charge < -0.3 is 10.0 Å². The predicted molar refractivity (Wildman–Crippen MR) is 85.0 cm³/mol. The van der Waals surface area contributed by atoms with Crippen molar-refractivity contribution in [2.75, 3.05) is 7.05 Å². The molecule has 1 fully saturated rings. The van der Waals surface area contributed by atoms with Gasteiger partial charge >= 0.3 is 0 Å². The van der Waals surface area contributed by atoms with E-state index in [2.05, 4.69) is 19.1 Å². The molecule has 1 unspecified atom stereocenters. The summed E-state index contributed by atoms with van der Waals surface area (Å²) in [5, 5.41) is 10.4. The van der Waals surface area contributed by atoms with Crippen LogP contribution in [-0.2, 0) is 11.2 Å². The van der Waals surface area contributed by atoms with Gasteiger partial charge in [0.1, 0.15) is 0 Å². The highest BCUT2D eigenvalue weighted by Crippen LogP contribution is 2.33. The largest absolute Gasteiger partial charge is 0.389 e. The third-order valence-corrected chi connectivity index (χ3v) is 4.74. The molecule has 21 heavy (non-hydrogen) atoms. The molecule has 0 radical (unpaired) electrons. The molecule has 1 N–H and O–H groups in total. The van der Waals surface area contributed by atoms with Crippen LogP contribution in [0.15, 0.2) is 30.3 Å². The Morgan fingerprint density at radius 1 is 1.29 bits per heavy atom. The lowest BCUT2D eigenvalue weighted by Gasteiger charge is -2.31. The van der Waals surface area contributed by atoms with Crippen molar-refractivity contribution in [3.63, 3.8) is 0 Å². The Kier molecular flexibility index (Phi) is 5.40. The fourth-order valence-corrected chi connectivity index (χ4v) is 3.26. The Balaban J connectivity index is 1.95. The smallest absolute Gasteiger partial charge is 0.225 e. The Morgan fingerprint density at radius 2 is 1.90 bits per heavy atom. The number of rotatable bonds is 6. The van der Waals surface area contributed by atoms with E-state index in [1.165, 1.54) is 5.56 Å². The van der Waals surface area contributed by atoms with Crippen LogP contribution in [0.3, 0.4) is 0 Å². The van der Waals surface area contributed by atoms with Crippen LogP contribution >= 0.6 is 0 Å². The second-order valence-corrected chi connectivity index (χ2v) is 6.36. The Labute approximate surface area is 128 Å². The Morgan fingerprint density at radius 3 is 2.48 bits per heavy atom. The van der Waals surface area contributed by atoms with Crippen LogP contribution in [0.1, 0.15) is 51.0 Å². The van der Waals surface area contributed by atoms with E-state index in [-0.39, 0.29) is 18.4 Å². The van der Waals surface area contributed by atoms with Crippen molar-refractivity contribution in [2.24, 2.45) is 0 Å². The van der Waals surface area contributed by atoms with Gasteiger partial charge in [0.05, 0.1) is 12.0 Å². The fraction of sp³-hybridized carbons (Fsp3) is 0.611. The minimum Gasteiger partial charge on any atom is -0.389 e. The SMILES string of the molecule is CCC(Cc1ccccc1)N(C)C(=O)CC1(O)CCCC1. The van der Waals surface area contributed by atoms with Crippen molar-refractivity contribution in [2.45, 2.75) is 63.5 Å². The van der Waals surface area contributed by atoms with Crippen LogP contribution in [0.5, 0.6) is 0 Å². The standard InChI is InChI=1S/C18H27NO2/c1-3-16(13-15-9-5-4-6-10-15)19(2)17(20)14-18(21)11-7-8-12-18/h4-6,9-10,16,21H,3,7-8,11-14H2,1-2H3. The number of carbonyl (C=O) groups excluding carboxylic acids is 1. The topological polar surface area (TPSA) is 40.5 Å². The van der Waals surface area contributed by atoms with Gasteiger partial charge in [0.2, 0.25) is 5.91 Å². The molecular weight excluding hydrogens is 262 g/mol. The van der Waals surface area contributed by atoms with Gasteiger partial charge in [-0.25, -0.2) is 0 Å². The molecule has 3 nitrogen and oxygen atoms in total. The Hall–Kier alpha value is -1.35. The first kappa shape index (κ1) is 16.0. The summed E-state index contributed by atoms with van der Waals surface area (Å²) >= 11 is 0. The summed E-state index contributed by atoms with van der Waals surface area (Å²) in [5.41, 5.74) is 0.500. The molecule has 0 aliphatic heterocycles. The summed E-state index contributed by atoms with van der Waals surface area (Å²) in [6.45, 7) is 2.11. The Bertz CT molecular complexity index is 452. The van der Waals surface area contributed by atoms with Crippen LogP contribution in [0.2, 0.25) is 0 Å². The lowest BCUT2D eigenvalue weighted by atomic mass is 9.96. The number of likely N-dealkylation sites (N-methyl/N-ethyl adjacent to an activating group) is 1. The average molecular weight is 289 g/mol. The molecule has 0 heterocycles. The van der Waals surface area contributed by atoms with E-state index in [1.807, 2.05) is 30.1 Å². The molecule has 2 rings (SSSR count). The molecule has 0 saturated heterocycles. The van der Waals surface area contributed by atoms with Gasteiger partial charge in [0, 0.05) is 13.1 Å². The summed E-state index contributed by atoms with van der Waals surface area (Å²) in [4.78, 5) is 14.3. The summed E-state index contributed by atoms with van der Waals surface area (Å²) < 4.78 is 0. The van der Waals surface area contributed by atoms with Crippen LogP contribution in [-0.4, -0.2) is 34.6 Å². The molecule has 1 amide bonds. The molecule has 1 aliphatic carbocycles. The van der Waals surface area contributed by atoms with Crippen LogP contribution in [0.4, 0.5) is 0 Å². The van der Waals surface area contributed by atoms with Crippen molar-refractivity contribution < 1.29 is 9.90 Å². The summed E-state index contributed by atoms with van der Waals surface area (Å²) in [5.74, 6) is 0.0715. The highest BCUT2D eigenvalue weighted by molar-refractivity contribution is 5.77. The minimum absolute atomic E-state index is 0.0715. The van der Waals surface area contributed by atoms with Crippen LogP contribution in [0, 0.1) is 0 Å². The molecule has 1 saturated carbocycles. The lowest BCUT2D eigenvalue weighted by molar-refractivity contribution is -0.137. The summed E-state index contributed by atoms with van der Waals surface area (Å²) in [6.07, 6.45) is 5.68. The number of carbonyl (C=O) groups is 1. The molecular formula is C18H27NO2. The van der Waals surface area contributed by atoms with E-state index in [4.69, 9.17) is 0 Å². The van der Waals surface area contributed by atoms with Crippen molar-refractivity contribution in [3.8, 4) is 0 Å². The summed E-state index contributed by atoms with van der Waals surface area (Å²) in [6, 6.07) is 10.5. The molecule has 1 atom stereocenters. The zero-order valence-electron chi connectivity index (χ0n) is 13.2.